The fourth-order valence-corrected chi connectivity index (χ4v) is 3.68. The Morgan fingerprint density at radius 3 is 2.58 bits per heavy atom. The molecule has 2 aromatic carbocycles. The third-order valence-electron chi connectivity index (χ3n) is 5.21. The summed E-state index contributed by atoms with van der Waals surface area (Å²) in [5.41, 5.74) is 11.1. The van der Waals surface area contributed by atoms with Gasteiger partial charge in [0, 0.05) is 17.3 Å². The summed E-state index contributed by atoms with van der Waals surface area (Å²) in [6.07, 6.45) is 4.86. The molecule has 0 spiro atoms. The Hall–Kier alpha value is -4.07. The molecule has 0 saturated heterocycles. The van der Waals surface area contributed by atoms with Crippen LogP contribution in [0.2, 0.25) is 0 Å². The zero-order chi connectivity index (χ0) is 21.7. The monoisotopic (exact) mass is 416 g/mol. The molecule has 0 atom stereocenters. The zero-order valence-electron chi connectivity index (χ0n) is 16.8. The SMILES string of the molecule is Cc1cn(-c2ccc(-c3c(-c4cc(F)ccc4C)nc4c(N)ccnn34)cc2F)cn1. The number of fused-ring (bicyclic) bond motifs is 1. The van der Waals surface area contributed by atoms with Crippen LogP contribution in [0.5, 0.6) is 0 Å². The van der Waals surface area contributed by atoms with E-state index in [1.54, 1.807) is 52.1 Å². The fraction of sp³-hybridized carbons (Fsp3) is 0.0870. The highest BCUT2D eigenvalue weighted by Crippen LogP contribution is 2.36. The van der Waals surface area contributed by atoms with Crippen molar-refractivity contribution in [2.75, 3.05) is 5.73 Å². The normalized spacial score (nSPS) is 11.4. The Balaban J connectivity index is 1.77. The molecule has 0 bridgehead atoms. The van der Waals surface area contributed by atoms with Crippen LogP contribution in [-0.4, -0.2) is 24.1 Å². The van der Waals surface area contributed by atoms with E-state index in [1.165, 1.54) is 18.2 Å². The predicted octanol–water partition coefficient (Wildman–Crippen LogP) is 4.73. The quantitative estimate of drug-likeness (QED) is 0.462. The number of hydrogen-bond donors (Lipinski definition) is 1. The number of aryl methyl sites for hydroxylation is 2. The lowest BCUT2D eigenvalue weighted by atomic mass is 10.0. The molecule has 6 nitrogen and oxygen atoms in total. The van der Waals surface area contributed by atoms with Gasteiger partial charge in [-0.1, -0.05) is 12.1 Å². The minimum atomic E-state index is -0.435. The summed E-state index contributed by atoms with van der Waals surface area (Å²) in [7, 11) is 0. The second-order valence-corrected chi connectivity index (χ2v) is 7.38. The predicted molar refractivity (Wildman–Crippen MR) is 115 cm³/mol. The molecule has 154 valence electrons. The molecule has 31 heavy (non-hydrogen) atoms. The van der Waals surface area contributed by atoms with Gasteiger partial charge in [0.1, 0.15) is 17.3 Å². The van der Waals surface area contributed by atoms with Crippen molar-refractivity contribution in [2.45, 2.75) is 13.8 Å². The number of rotatable bonds is 3. The lowest BCUT2D eigenvalue weighted by Crippen LogP contribution is -1.99. The molecule has 0 aliphatic heterocycles. The van der Waals surface area contributed by atoms with Gasteiger partial charge in [0.15, 0.2) is 5.65 Å². The van der Waals surface area contributed by atoms with Crippen LogP contribution >= 0.6 is 0 Å². The van der Waals surface area contributed by atoms with E-state index in [9.17, 15) is 4.39 Å². The van der Waals surface area contributed by atoms with Gasteiger partial charge in [0.2, 0.25) is 0 Å². The Morgan fingerprint density at radius 1 is 1.00 bits per heavy atom. The molecule has 0 fully saturated rings. The van der Waals surface area contributed by atoms with Crippen molar-refractivity contribution in [3.05, 3.63) is 84.1 Å². The van der Waals surface area contributed by atoms with Crippen LogP contribution in [0.1, 0.15) is 11.3 Å². The summed E-state index contributed by atoms with van der Waals surface area (Å²) in [5, 5.41) is 4.37. The van der Waals surface area contributed by atoms with E-state index in [1.807, 2.05) is 13.8 Å². The van der Waals surface area contributed by atoms with Crippen LogP contribution in [-0.2, 0) is 0 Å². The van der Waals surface area contributed by atoms with Crippen molar-refractivity contribution in [2.24, 2.45) is 0 Å². The van der Waals surface area contributed by atoms with Gasteiger partial charge >= 0.3 is 0 Å². The molecule has 5 rings (SSSR count). The summed E-state index contributed by atoms with van der Waals surface area (Å²) in [6, 6.07) is 11.0. The molecule has 5 aromatic rings. The Labute approximate surface area is 176 Å². The van der Waals surface area contributed by atoms with E-state index in [-0.39, 0.29) is 5.82 Å². The van der Waals surface area contributed by atoms with Crippen molar-refractivity contribution >= 4 is 11.3 Å². The van der Waals surface area contributed by atoms with Crippen LogP contribution in [0.3, 0.4) is 0 Å². The van der Waals surface area contributed by atoms with E-state index in [4.69, 9.17) is 5.73 Å². The summed E-state index contributed by atoms with van der Waals surface area (Å²) >= 11 is 0. The van der Waals surface area contributed by atoms with Gasteiger partial charge in [0.05, 0.1) is 35.3 Å². The van der Waals surface area contributed by atoms with Crippen LogP contribution < -0.4 is 5.73 Å². The minimum absolute atomic E-state index is 0.370. The molecule has 2 N–H and O–H groups in total. The number of anilines is 1. The summed E-state index contributed by atoms with van der Waals surface area (Å²) in [5.74, 6) is -0.822. The molecule has 3 aromatic heterocycles. The van der Waals surface area contributed by atoms with Crippen LogP contribution in [0.15, 0.2) is 61.2 Å². The van der Waals surface area contributed by atoms with Crippen molar-refractivity contribution in [1.29, 1.82) is 0 Å². The van der Waals surface area contributed by atoms with Gasteiger partial charge < -0.3 is 10.3 Å². The maximum absolute atomic E-state index is 15.1. The first kappa shape index (κ1) is 18.9. The highest BCUT2D eigenvalue weighted by molar-refractivity contribution is 5.85. The van der Waals surface area contributed by atoms with Crippen molar-refractivity contribution in [1.82, 2.24) is 24.1 Å². The maximum Gasteiger partial charge on any atom is 0.178 e. The largest absolute Gasteiger partial charge is 0.396 e. The topological polar surface area (TPSA) is 74.0 Å². The summed E-state index contributed by atoms with van der Waals surface area (Å²) < 4.78 is 32.4. The van der Waals surface area contributed by atoms with Gasteiger partial charge in [0.25, 0.3) is 0 Å². The highest BCUT2D eigenvalue weighted by Gasteiger charge is 2.21. The lowest BCUT2D eigenvalue weighted by molar-refractivity contribution is 0.618. The number of halogens is 2. The molecule has 0 aliphatic rings. The van der Waals surface area contributed by atoms with Crippen LogP contribution in [0, 0.1) is 25.5 Å². The molecule has 8 heteroatoms. The third-order valence-corrected chi connectivity index (χ3v) is 5.21. The first-order valence-corrected chi connectivity index (χ1v) is 9.63. The second-order valence-electron chi connectivity index (χ2n) is 7.38. The molecular weight excluding hydrogens is 398 g/mol. The zero-order valence-corrected chi connectivity index (χ0v) is 16.8. The molecular formula is C23H18F2N6. The number of imidazole rings is 2. The molecule has 0 radical (unpaired) electrons. The number of nitrogens with two attached hydrogens (primary N) is 1. The average molecular weight is 416 g/mol. The Kier molecular flexibility index (Phi) is 4.28. The molecule has 3 heterocycles. The van der Waals surface area contributed by atoms with Gasteiger partial charge in [-0.15, -0.1) is 0 Å². The fourth-order valence-electron chi connectivity index (χ4n) is 3.68. The van der Waals surface area contributed by atoms with Crippen molar-refractivity contribution in [3.63, 3.8) is 0 Å². The Morgan fingerprint density at radius 2 is 1.84 bits per heavy atom. The van der Waals surface area contributed by atoms with Crippen molar-refractivity contribution < 1.29 is 8.78 Å². The molecule has 0 saturated carbocycles. The van der Waals surface area contributed by atoms with E-state index in [0.717, 1.165) is 11.3 Å². The van der Waals surface area contributed by atoms with Gasteiger partial charge in [-0.3, -0.25) is 0 Å². The van der Waals surface area contributed by atoms with E-state index >= 15 is 4.39 Å². The van der Waals surface area contributed by atoms with Crippen LogP contribution in [0.4, 0.5) is 14.5 Å². The molecule has 0 amide bonds. The highest BCUT2D eigenvalue weighted by atomic mass is 19.1. The van der Waals surface area contributed by atoms with Gasteiger partial charge in [-0.25, -0.2) is 23.3 Å². The first-order chi connectivity index (χ1) is 14.9. The van der Waals surface area contributed by atoms with Gasteiger partial charge in [-0.05, 0) is 49.7 Å². The van der Waals surface area contributed by atoms with E-state index < -0.39 is 5.82 Å². The van der Waals surface area contributed by atoms with E-state index in [0.29, 0.717) is 39.5 Å². The smallest absolute Gasteiger partial charge is 0.178 e. The number of nitrogens with zero attached hydrogens (tertiary/aromatic N) is 5. The maximum atomic E-state index is 15.1. The average Bonchev–Trinajstić information content (AvgIpc) is 3.34. The third kappa shape index (κ3) is 3.13. The number of nitrogen functional groups attached to an aromatic ring is 1. The molecule has 0 unspecified atom stereocenters. The standard InChI is InChI=1S/C23H18F2N6/c1-13-3-5-16(24)10-17(13)21-22(31-23(29-21)19(26)7-8-28-31)15-4-6-20(18(25)9-15)30-11-14(2)27-12-30/h3-12H,26H2,1-2H3. The van der Waals surface area contributed by atoms with E-state index in [2.05, 4.69) is 15.1 Å². The van der Waals surface area contributed by atoms with Crippen LogP contribution in [0.25, 0.3) is 33.8 Å². The minimum Gasteiger partial charge on any atom is -0.396 e. The lowest BCUT2D eigenvalue weighted by Gasteiger charge is -2.10. The number of hydrogen-bond acceptors (Lipinski definition) is 4. The van der Waals surface area contributed by atoms with Gasteiger partial charge in [-0.2, -0.15) is 5.10 Å². The number of aromatic nitrogens is 5. The summed E-state index contributed by atoms with van der Waals surface area (Å²) in [4.78, 5) is 8.80. The first-order valence-electron chi connectivity index (χ1n) is 9.63. The second kappa shape index (κ2) is 7.02. The summed E-state index contributed by atoms with van der Waals surface area (Å²) in [6.45, 7) is 3.70. The number of benzene rings is 2. The van der Waals surface area contributed by atoms with Crippen molar-refractivity contribution in [3.8, 4) is 28.2 Å². The Bertz CT molecular complexity index is 1450. The molecule has 0 aliphatic carbocycles.